The number of fused-ring (bicyclic) bond motifs is 1. The van der Waals surface area contributed by atoms with Crippen LogP contribution in [0, 0.1) is 4.77 Å². The normalized spacial score (nSPS) is 17.1. The number of hydrogen-bond donors (Lipinski definition) is 2. The summed E-state index contributed by atoms with van der Waals surface area (Å²) in [5.74, 6) is -0.193. The molecule has 1 fully saturated rings. The maximum absolute atomic E-state index is 12.4. The average molecular weight is 345 g/mol. The van der Waals surface area contributed by atoms with Gasteiger partial charge in [0.1, 0.15) is 0 Å². The first kappa shape index (κ1) is 16.6. The third-order valence-electron chi connectivity index (χ3n) is 4.07. The van der Waals surface area contributed by atoms with Crippen molar-refractivity contribution in [3.8, 4) is 0 Å². The van der Waals surface area contributed by atoms with Crippen molar-refractivity contribution in [3.63, 3.8) is 0 Å². The topological polar surface area (TPSA) is 76.1 Å². The number of rotatable bonds is 5. The summed E-state index contributed by atoms with van der Waals surface area (Å²) >= 11 is 5.21. The number of ether oxygens (including phenoxy) is 1. The summed E-state index contributed by atoms with van der Waals surface area (Å²) < 4.78 is 7.23. The van der Waals surface area contributed by atoms with E-state index in [1.807, 2.05) is 0 Å². The highest BCUT2D eigenvalue weighted by molar-refractivity contribution is 7.71. The number of aromatic nitrogens is 2. The molecule has 1 aromatic carbocycles. The predicted molar refractivity (Wildman–Crippen MR) is 94.9 cm³/mol. The monoisotopic (exact) mass is 345 g/mol. The summed E-state index contributed by atoms with van der Waals surface area (Å²) in [6.45, 7) is 5.21. The van der Waals surface area contributed by atoms with E-state index in [0.717, 1.165) is 19.4 Å². The van der Waals surface area contributed by atoms with Crippen LogP contribution in [0.5, 0.6) is 0 Å². The molecule has 6 nitrogen and oxygen atoms in total. The van der Waals surface area contributed by atoms with Crippen LogP contribution in [0.15, 0.2) is 35.6 Å². The van der Waals surface area contributed by atoms with Crippen molar-refractivity contribution in [2.75, 3.05) is 13.2 Å². The molecular formula is C17H19N3O3S. The van der Waals surface area contributed by atoms with Crippen LogP contribution in [0.25, 0.3) is 10.9 Å². The van der Waals surface area contributed by atoms with Gasteiger partial charge in [-0.2, -0.15) is 0 Å². The first-order chi connectivity index (χ1) is 11.6. The number of amides is 1. The Balaban J connectivity index is 1.86. The molecule has 2 heterocycles. The largest absolute Gasteiger partial charge is 0.376 e. The van der Waals surface area contributed by atoms with Crippen molar-refractivity contribution >= 4 is 29.0 Å². The van der Waals surface area contributed by atoms with E-state index < -0.39 is 0 Å². The van der Waals surface area contributed by atoms with Crippen molar-refractivity contribution in [1.82, 2.24) is 14.9 Å². The number of carbonyl (C=O) groups excluding carboxylic acids is 1. The summed E-state index contributed by atoms with van der Waals surface area (Å²) in [7, 11) is 0. The fourth-order valence-corrected chi connectivity index (χ4v) is 3.07. The van der Waals surface area contributed by atoms with Gasteiger partial charge >= 0.3 is 0 Å². The van der Waals surface area contributed by atoms with Gasteiger partial charge in [-0.1, -0.05) is 6.08 Å². The van der Waals surface area contributed by atoms with Crippen molar-refractivity contribution < 1.29 is 9.53 Å². The second-order valence-electron chi connectivity index (χ2n) is 5.74. The van der Waals surface area contributed by atoms with E-state index in [1.54, 1.807) is 24.3 Å². The number of carbonyl (C=O) groups is 1. The number of H-pyrrole nitrogens is 1. The molecule has 1 aromatic heterocycles. The van der Waals surface area contributed by atoms with Crippen LogP contribution in [0.1, 0.15) is 23.2 Å². The highest BCUT2D eigenvalue weighted by Crippen LogP contribution is 2.13. The van der Waals surface area contributed by atoms with Gasteiger partial charge in [-0.3, -0.25) is 14.2 Å². The highest BCUT2D eigenvalue weighted by atomic mass is 32.1. The summed E-state index contributed by atoms with van der Waals surface area (Å²) in [6.07, 6.45) is 3.70. The van der Waals surface area contributed by atoms with Crippen LogP contribution in [0.3, 0.4) is 0 Å². The van der Waals surface area contributed by atoms with Crippen molar-refractivity contribution in [3.05, 3.63) is 51.5 Å². The second kappa shape index (κ2) is 7.11. The van der Waals surface area contributed by atoms with E-state index in [9.17, 15) is 9.59 Å². The summed E-state index contributed by atoms with van der Waals surface area (Å²) in [5, 5.41) is 3.35. The molecule has 1 aliphatic heterocycles. The molecule has 3 rings (SSSR count). The Labute approximate surface area is 144 Å². The zero-order valence-electron chi connectivity index (χ0n) is 13.2. The fourth-order valence-electron chi connectivity index (χ4n) is 2.80. The van der Waals surface area contributed by atoms with Gasteiger partial charge in [0, 0.05) is 25.3 Å². The van der Waals surface area contributed by atoms with Gasteiger partial charge in [0.05, 0.1) is 17.0 Å². The number of allylic oxidation sites excluding steroid dienone is 1. The molecule has 0 radical (unpaired) electrons. The van der Waals surface area contributed by atoms with Gasteiger partial charge in [0.15, 0.2) is 4.77 Å². The molecule has 2 N–H and O–H groups in total. The Morgan fingerprint density at radius 2 is 2.38 bits per heavy atom. The van der Waals surface area contributed by atoms with Gasteiger partial charge in [-0.25, -0.2) is 0 Å². The lowest BCUT2D eigenvalue weighted by molar-refractivity contribution is 0.0858. The van der Waals surface area contributed by atoms with Gasteiger partial charge in [-0.05, 0) is 43.3 Å². The van der Waals surface area contributed by atoms with Gasteiger partial charge in [0.2, 0.25) is 0 Å². The first-order valence-corrected chi connectivity index (χ1v) is 8.28. The van der Waals surface area contributed by atoms with Gasteiger partial charge in [0.25, 0.3) is 11.5 Å². The number of nitrogens with zero attached hydrogens (tertiary/aromatic N) is 1. The number of aromatic amines is 1. The Bertz CT molecular complexity index is 894. The van der Waals surface area contributed by atoms with E-state index in [4.69, 9.17) is 17.0 Å². The first-order valence-electron chi connectivity index (χ1n) is 7.87. The fraction of sp³-hybridized carbons (Fsp3) is 0.353. The molecule has 1 saturated heterocycles. The van der Waals surface area contributed by atoms with Crippen molar-refractivity contribution in [2.24, 2.45) is 0 Å². The van der Waals surface area contributed by atoms with Crippen molar-refractivity contribution in [1.29, 1.82) is 0 Å². The lowest BCUT2D eigenvalue weighted by atomic mass is 10.1. The molecule has 1 unspecified atom stereocenters. The standard InChI is InChI=1S/C17H19N3O3S/c1-2-7-20-16(22)13-6-5-11(9-14(13)19-17(20)24)15(21)18-10-12-4-3-8-23-12/h2,5-6,9,12H,1,3-4,7-8,10H2,(H,18,21)(H,19,24). The van der Waals surface area contributed by atoms with E-state index in [1.165, 1.54) is 4.57 Å². The van der Waals surface area contributed by atoms with Crippen LogP contribution >= 0.6 is 12.2 Å². The van der Waals surface area contributed by atoms with Gasteiger partial charge in [-0.15, -0.1) is 6.58 Å². The zero-order chi connectivity index (χ0) is 17.1. The quantitative estimate of drug-likeness (QED) is 0.643. The molecule has 0 aliphatic carbocycles. The molecule has 1 aliphatic rings. The minimum absolute atomic E-state index is 0.0892. The zero-order valence-corrected chi connectivity index (χ0v) is 14.0. The van der Waals surface area contributed by atoms with Crippen LogP contribution in [0.4, 0.5) is 0 Å². The molecule has 24 heavy (non-hydrogen) atoms. The minimum Gasteiger partial charge on any atom is -0.376 e. The summed E-state index contributed by atoms with van der Waals surface area (Å²) in [4.78, 5) is 27.7. The van der Waals surface area contributed by atoms with Crippen LogP contribution < -0.4 is 10.9 Å². The third-order valence-corrected chi connectivity index (χ3v) is 4.39. The smallest absolute Gasteiger partial charge is 0.262 e. The highest BCUT2D eigenvalue weighted by Gasteiger charge is 2.17. The Morgan fingerprint density at radius 1 is 1.54 bits per heavy atom. The van der Waals surface area contributed by atoms with E-state index in [0.29, 0.717) is 34.3 Å². The number of benzene rings is 1. The maximum atomic E-state index is 12.4. The lowest BCUT2D eigenvalue weighted by Crippen LogP contribution is -2.31. The van der Waals surface area contributed by atoms with Crippen LogP contribution in [-0.2, 0) is 11.3 Å². The Hall–Kier alpha value is -2.25. The molecule has 7 heteroatoms. The Morgan fingerprint density at radius 3 is 3.08 bits per heavy atom. The van der Waals surface area contributed by atoms with E-state index in [2.05, 4.69) is 16.9 Å². The molecular weight excluding hydrogens is 326 g/mol. The maximum Gasteiger partial charge on any atom is 0.262 e. The minimum atomic E-state index is -0.194. The molecule has 0 saturated carbocycles. The van der Waals surface area contributed by atoms with Crippen molar-refractivity contribution in [2.45, 2.75) is 25.5 Å². The SMILES string of the molecule is C=CCn1c(=S)[nH]c2cc(C(=O)NCC3CCCO3)ccc2c1=O. The average Bonchev–Trinajstić information content (AvgIpc) is 3.09. The summed E-state index contributed by atoms with van der Waals surface area (Å²) in [6, 6.07) is 4.93. The molecule has 126 valence electrons. The van der Waals surface area contributed by atoms with E-state index in [-0.39, 0.29) is 17.6 Å². The van der Waals surface area contributed by atoms with E-state index >= 15 is 0 Å². The molecule has 1 amide bonds. The molecule has 2 aromatic rings. The summed E-state index contributed by atoms with van der Waals surface area (Å²) in [5.41, 5.74) is 0.835. The third kappa shape index (κ3) is 3.32. The molecule has 0 spiro atoms. The number of hydrogen-bond acceptors (Lipinski definition) is 4. The lowest BCUT2D eigenvalue weighted by Gasteiger charge is -2.11. The number of nitrogens with one attached hydrogen (secondary N) is 2. The van der Waals surface area contributed by atoms with Gasteiger partial charge < -0.3 is 15.0 Å². The molecule has 0 bridgehead atoms. The van der Waals surface area contributed by atoms with Crippen LogP contribution in [0.2, 0.25) is 0 Å². The predicted octanol–water partition coefficient (Wildman–Crippen LogP) is 2.15. The Kier molecular flexibility index (Phi) is 4.92. The molecule has 1 atom stereocenters. The second-order valence-corrected chi connectivity index (χ2v) is 6.13. The van der Waals surface area contributed by atoms with Crippen LogP contribution in [-0.4, -0.2) is 34.7 Å².